The average molecular weight is 319 g/mol. The summed E-state index contributed by atoms with van der Waals surface area (Å²) < 4.78 is 6.86. The first kappa shape index (κ1) is 12.8. The van der Waals surface area contributed by atoms with Crippen LogP contribution in [0.4, 0.5) is 0 Å². The van der Waals surface area contributed by atoms with Gasteiger partial charge in [-0.05, 0) is 80.3 Å². The van der Waals surface area contributed by atoms with Crippen LogP contribution in [-0.2, 0) is 0 Å². The minimum Gasteiger partial charge on any atom is -0.494 e. The van der Waals surface area contributed by atoms with Gasteiger partial charge in [-0.15, -0.1) is 0 Å². The zero-order valence-corrected chi connectivity index (χ0v) is 11.5. The number of hydrogen-bond acceptors (Lipinski definition) is 2. The Hall–Kier alpha value is -0.290. The van der Waals surface area contributed by atoms with Crippen molar-refractivity contribution in [2.24, 2.45) is 0 Å². The highest BCUT2D eigenvalue weighted by Gasteiger charge is 1.94. The van der Waals surface area contributed by atoms with E-state index in [1.165, 1.54) is 9.99 Å². The lowest BCUT2D eigenvalue weighted by Gasteiger charge is -2.09. The Morgan fingerprint density at radius 1 is 1.13 bits per heavy atom. The molecule has 0 aliphatic carbocycles. The maximum Gasteiger partial charge on any atom is 0.119 e. The molecule has 0 saturated carbocycles. The van der Waals surface area contributed by atoms with Gasteiger partial charge in [0.25, 0.3) is 0 Å². The van der Waals surface area contributed by atoms with E-state index in [1.54, 1.807) is 0 Å². The lowest BCUT2D eigenvalue weighted by Crippen LogP contribution is -2.13. The molecule has 0 bridgehead atoms. The summed E-state index contributed by atoms with van der Waals surface area (Å²) in [6.07, 6.45) is 2.31. The molecule has 15 heavy (non-hydrogen) atoms. The Morgan fingerprint density at radius 3 is 2.40 bits per heavy atom. The zero-order chi connectivity index (χ0) is 11.1. The van der Waals surface area contributed by atoms with Crippen LogP contribution in [0.25, 0.3) is 0 Å². The van der Waals surface area contributed by atoms with E-state index >= 15 is 0 Å². The largest absolute Gasteiger partial charge is 0.494 e. The van der Waals surface area contributed by atoms with Crippen molar-refractivity contribution in [1.29, 1.82) is 0 Å². The molecule has 0 spiro atoms. The fourth-order valence-electron chi connectivity index (χ4n) is 1.25. The highest BCUT2D eigenvalue weighted by atomic mass is 127. The molecular formula is C12H18INO. The van der Waals surface area contributed by atoms with Crippen LogP contribution in [0.5, 0.6) is 5.75 Å². The van der Waals surface area contributed by atoms with E-state index in [1.807, 2.05) is 12.1 Å². The molecule has 84 valence electrons. The predicted molar refractivity (Wildman–Crippen MR) is 72.4 cm³/mol. The number of ether oxygens (including phenoxy) is 1. The van der Waals surface area contributed by atoms with E-state index in [4.69, 9.17) is 4.74 Å². The van der Waals surface area contributed by atoms with Crippen molar-refractivity contribution in [1.82, 2.24) is 4.90 Å². The molecule has 0 atom stereocenters. The van der Waals surface area contributed by atoms with E-state index in [0.29, 0.717) is 0 Å². The molecule has 1 aromatic rings. The molecule has 1 rings (SSSR count). The Kier molecular flexibility index (Phi) is 6.02. The molecule has 0 aliphatic heterocycles. The van der Waals surface area contributed by atoms with Gasteiger partial charge in [-0.25, -0.2) is 0 Å². The van der Waals surface area contributed by atoms with Crippen molar-refractivity contribution >= 4 is 22.6 Å². The van der Waals surface area contributed by atoms with Crippen molar-refractivity contribution < 1.29 is 4.74 Å². The molecule has 0 radical (unpaired) electrons. The minimum absolute atomic E-state index is 0.814. The Morgan fingerprint density at radius 2 is 1.80 bits per heavy atom. The van der Waals surface area contributed by atoms with Crippen LogP contribution in [0, 0.1) is 3.57 Å². The summed E-state index contributed by atoms with van der Waals surface area (Å²) in [6.45, 7) is 1.95. The second-order valence-electron chi connectivity index (χ2n) is 3.81. The normalized spacial score (nSPS) is 10.7. The third-order valence-corrected chi connectivity index (χ3v) is 2.80. The summed E-state index contributed by atoms with van der Waals surface area (Å²) in [4.78, 5) is 2.20. The summed E-state index contributed by atoms with van der Waals surface area (Å²) in [5.74, 6) is 0.972. The molecule has 0 saturated heterocycles. The summed E-state index contributed by atoms with van der Waals surface area (Å²) in [7, 11) is 4.19. The third-order valence-electron chi connectivity index (χ3n) is 2.08. The van der Waals surface area contributed by atoms with Crippen LogP contribution in [0.15, 0.2) is 24.3 Å². The first-order valence-electron chi connectivity index (χ1n) is 5.21. The van der Waals surface area contributed by atoms with Gasteiger partial charge >= 0.3 is 0 Å². The molecule has 0 N–H and O–H groups in total. The molecule has 3 heteroatoms. The lowest BCUT2D eigenvalue weighted by atomic mass is 10.3. The SMILES string of the molecule is CN(C)CCCCOc1ccc(I)cc1. The van der Waals surface area contributed by atoms with Gasteiger partial charge in [0, 0.05) is 3.57 Å². The molecule has 2 nitrogen and oxygen atoms in total. The molecule has 0 aromatic heterocycles. The van der Waals surface area contributed by atoms with Gasteiger partial charge in [-0.2, -0.15) is 0 Å². The fourth-order valence-corrected chi connectivity index (χ4v) is 1.61. The molecular weight excluding hydrogens is 301 g/mol. The maximum atomic E-state index is 5.62. The predicted octanol–water partition coefficient (Wildman–Crippen LogP) is 3.01. The van der Waals surface area contributed by atoms with Gasteiger partial charge in [0.1, 0.15) is 5.75 Å². The summed E-state index contributed by atoms with van der Waals surface area (Å²) in [6, 6.07) is 8.17. The smallest absolute Gasteiger partial charge is 0.119 e. The van der Waals surface area contributed by atoms with Gasteiger partial charge < -0.3 is 9.64 Å². The highest BCUT2D eigenvalue weighted by Crippen LogP contribution is 2.13. The Labute approximate surface area is 106 Å². The van der Waals surface area contributed by atoms with Crippen molar-refractivity contribution in [3.8, 4) is 5.75 Å². The van der Waals surface area contributed by atoms with Crippen LogP contribution >= 0.6 is 22.6 Å². The van der Waals surface area contributed by atoms with Crippen LogP contribution in [0.3, 0.4) is 0 Å². The molecule has 0 unspecified atom stereocenters. The number of nitrogens with zero attached hydrogens (tertiary/aromatic N) is 1. The lowest BCUT2D eigenvalue weighted by molar-refractivity contribution is 0.293. The first-order chi connectivity index (χ1) is 7.18. The van der Waals surface area contributed by atoms with Gasteiger partial charge in [0.05, 0.1) is 6.61 Å². The summed E-state index contributed by atoms with van der Waals surface area (Å²) >= 11 is 2.29. The molecule has 0 fully saturated rings. The number of unbranched alkanes of at least 4 members (excludes halogenated alkanes) is 1. The molecule has 0 aliphatic rings. The number of hydrogen-bond donors (Lipinski definition) is 0. The van der Waals surface area contributed by atoms with E-state index in [2.05, 4.69) is 53.7 Å². The third kappa shape index (κ3) is 5.99. The van der Waals surface area contributed by atoms with E-state index in [-0.39, 0.29) is 0 Å². The van der Waals surface area contributed by atoms with Crippen molar-refractivity contribution in [3.63, 3.8) is 0 Å². The highest BCUT2D eigenvalue weighted by molar-refractivity contribution is 14.1. The van der Waals surface area contributed by atoms with Crippen molar-refractivity contribution in [2.75, 3.05) is 27.2 Å². The fraction of sp³-hybridized carbons (Fsp3) is 0.500. The number of rotatable bonds is 6. The number of halogens is 1. The van der Waals surface area contributed by atoms with E-state index in [0.717, 1.165) is 25.3 Å². The molecule has 1 aromatic carbocycles. The Balaban J connectivity index is 2.12. The quantitative estimate of drug-likeness (QED) is 0.590. The van der Waals surface area contributed by atoms with Crippen LogP contribution in [0.1, 0.15) is 12.8 Å². The number of benzene rings is 1. The van der Waals surface area contributed by atoms with E-state index < -0.39 is 0 Å². The minimum atomic E-state index is 0.814. The van der Waals surface area contributed by atoms with Crippen LogP contribution in [-0.4, -0.2) is 32.1 Å². The van der Waals surface area contributed by atoms with Gasteiger partial charge in [-0.3, -0.25) is 0 Å². The maximum absolute atomic E-state index is 5.62. The van der Waals surface area contributed by atoms with Crippen molar-refractivity contribution in [3.05, 3.63) is 27.8 Å². The molecule has 0 heterocycles. The van der Waals surface area contributed by atoms with Crippen LogP contribution in [0.2, 0.25) is 0 Å². The first-order valence-corrected chi connectivity index (χ1v) is 6.29. The zero-order valence-electron chi connectivity index (χ0n) is 9.37. The summed E-state index contributed by atoms with van der Waals surface area (Å²) in [5.41, 5.74) is 0. The Bertz CT molecular complexity index is 271. The summed E-state index contributed by atoms with van der Waals surface area (Å²) in [5, 5.41) is 0. The van der Waals surface area contributed by atoms with Crippen molar-refractivity contribution in [2.45, 2.75) is 12.8 Å². The second kappa shape index (κ2) is 7.06. The monoisotopic (exact) mass is 319 g/mol. The second-order valence-corrected chi connectivity index (χ2v) is 5.06. The van der Waals surface area contributed by atoms with Gasteiger partial charge in [-0.1, -0.05) is 0 Å². The topological polar surface area (TPSA) is 12.5 Å². The van der Waals surface area contributed by atoms with E-state index in [9.17, 15) is 0 Å². The van der Waals surface area contributed by atoms with Crippen LogP contribution < -0.4 is 4.74 Å². The standard InChI is InChI=1S/C12H18INO/c1-14(2)9-3-4-10-15-12-7-5-11(13)6-8-12/h5-8H,3-4,9-10H2,1-2H3. The van der Waals surface area contributed by atoms with Gasteiger partial charge in [0.2, 0.25) is 0 Å². The average Bonchev–Trinajstić information content (AvgIpc) is 2.20. The van der Waals surface area contributed by atoms with Gasteiger partial charge in [0.15, 0.2) is 0 Å². The molecule has 0 amide bonds.